The minimum atomic E-state index is -0.891. The van der Waals surface area contributed by atoms with E-state index < -0.39 is 5.43 Å². The first kappa shape index (κ1) is 8.37. The first-order valence-electron chi connectivity index (χ1n) is 2.82. The Kier molecular flexibility index (Phi) is 2.74. The van der Waals surface area contributed by atoms with Gasteiger partial charge in [-0.05, 0) is 12.1 Å². The first-order valence-corrected chi connectivity index (χ1v) is 3.57. The lowest BCUT2D eigenvalue weighted by Gasteiger charge is -1.99. The molecule has 11 heavy (non-hydrogen) atoms. The highest BCUT2D eigenvalue weighted by molar-refractivity contribution is 6.61. The van der Waals surface area contributed by atoms with E-state index in [-0.39, 0.29) is 5.75 Å². The number of ether oxygens (including phenoxy) is 1. The first-order chi connectivity index (χ1) is 5.20. The van der Waals surface area contributed by atoms with Gasteiger partial charge < -0.3 is 4.74 Å². The van der Waals surface area contributed by atoms with Crippen molar-refractivity contribution in [3.63, 3.8) is 0 Å². The molecule has 0 aromatic heterocycles. The summed E-state index contributed by atoms with van der Waals surface area (Å²) in [5.74, 6) is 0.272. The summed E-state index contributed by atoms with van der Waals surface area (Å²) >= 11 is 10.6. The second kappa shape index (κ2) is 3.60. The van der Waals surface area contributed by atoms with Crippen molar-refractivity contribution < 1.29 is 9.53 Å². The van der Waals surface area contributed by atoms with Crippen molar-refractivity contribution in [3.8, 4) is 5.75 Å². The molecule has 0 saturated heterocycles. The van der Waals surface area contributed by atoms with Crippen molar-refractivity contribution >= 4 is 28.6 Å². The smallest absolute Gasteiger partial charge is 0.409 e. The van der Waals surface area contributed by atoms with Crippen LogP contribution < -0.4 is 4.74 Å². The van der Waals surface area contributed by atoms with Gasteiger partial charge in [-0.2, -0.15) is 0 Å². The Balaban J connectivity index is 2.86. The van der Waals surface area contributed by atoms with Gasteiger partial charge >= 0.3 is 5.43 Å². The summed E-state index contributed by atoms with van der Waals surface area (Å²) in [7, 11) is 0. The minimum Gasteiger partial charge on any atom is -0.413 e. The molecule has 1 aromatic rings. The predicted octanol–water partition coefficient (Wildman–Crippen LogP) is 3.08. The van der Waals surface area contributed by atoms with Crippen LogP contribution in [0.2, 0.25) is 5.02 Å². The molecule has 0 radical (unpaired) electrons. The lowest BCUT2D eigenvalue weighted by Crippen LogP contribution is -1.95. The maximum Gasteiger partial charge on any atom is 0.409 e. The number of benzene rings is 1. The molecular weight excluding hydrogens is 187 g/mol. The third kappa shape index (κ3) is 2.41. The van der Waals surface area contributed by atoms with E-state index in [1.165, 1.54) is 0 Å². The van der Waals surface area contributed by atoms with Crippen LogP contribution in [0.1, 0.15) is 0 Å². The normalized spacial score (nSPS) is 9.27. The zero-order chi connectivity index (χ0) is 8.27. The summed E-state index contributed by atoms with van der Waals surface area (Å²) in [5.41, 5.74) is -0.891. The molecular formula is C7H4Cl2O2. The van der Waals surface area contributed by atoms with Gasteiger partial charge in [-0.3, -0.25) is 0 Å². The van der Waals surface area contributed by atoms with Crippen LogP contribution in [0.15, 0.2) is 24.3 Å². The molecule has 4 heteroatoms. The number of hydrogen-bond donors (Lipinski definition) is 0. The average molecular weight is 191 g/mol. The van der Waals surface area contributed by atoms with Crippen LogP contribution in [0.3, 0.4) is 0 Å². The fourth-order valence-electron chi connectivity index (χ4n) is 0.614. The van der Waals surface area contributed by atoms with E-state index in [2.05, 4.69) is 4.74 Å². The molecule has 58 valence electrons. The van der Waals surface area contributed by atoms with Gasteiger partial charge in [0.25, 0.3) is 0 Å². The average Bonchev–Trinajstić information content (AvgIpc) is 1.93. The molecule has 0 aliphatic rings. The Labute approximate surface area is 73.7 Å². The second-order valence-electron chi connectivity index (χ2n) is 1.77. The van der Waals surface area contributed by atoms with Gasteiger partial charge in [-0.1, -0.05) is 23.7 Å². The summed E-state index contributed by atoms with van der Waals surface area (Å²) in [5, 5.41) is 0.363. The molecule has 0 fully saturated rings. The monoisotopic (exact) mass is 190 g/mol. The molecule has 0 aliphatic heterocycles. The summed E-state index contributed by atoms with van der Waals surface area (Å²) in [6.45, 7) is 0. The van der Waals surface area contributed by atoms with Crippen LogP contribution in [-0.4, -0.2) is 5.43 Å². The number of rotatable bonds is 1. The zero-order valence-electron chi connectivity index (χ0n) is 5.38. The number of carbonyl (C=O) groups excluding carboxylic acids is 1. The number of para-hydroxylation sites is 1. The van der Waals surface area contributed by atoms with Crippen LogP contribution in [0.25, 0.3) is 0 Å². The van der Waals surface area contributed by atoms with Crippen molar-refractivity contribution in [3.05, 3.63) is 29.3 Å². The third-order valence-electron chi connectivity index (χ3n) is 1.03. The quantitative estimate of drug-likeness (QED) is 0.637. The van der Waals surface area contributed by atoms with Crippen molar-refractivity contribution in [1.82, 2.24) is 0 Å². The van der Waals surface area contributed by atoms with Crippen molar-refractivity contribution in [1.29, 1.82) is 0 Å². The van der Waals surface area contributed by atoms with E-state index in [1.807, 2.05) is 0 Å². The van der Waals surface area contributed by atoms with Crippen molar-refractivity contribution in [2.75, 3.05) is 0 Å². The number of hydrogen-bond acceptors (Lipinski definition) is 2. The molecule has 0 aliphatic carbocycles. The third-order valence-corrected chi connectivity index (χ3v) is 1.42. The molecule has 0 heterocycles. The van der Waals surface area contributed by atoms with Gasteiger partial charge in [-0.15, -0.1) is 0 Å². The molecule has 0 saturated carbocycles. The van der Waals surface area contributed by atoms with E-state index in [0.717, 1.165) is 0 Å². The summed E-state index contributed by atoms with van der Waals surface area (Å²) in [6.07, 6.45) is 0. The van der Waals surface area contributed by atoms with E-state index in [4.69, 9.17) is 23.2 Å². The number of carbonyl (C=O) groups is 1. The fourth-order valence-corrected chi connectivity index (χ4v) is 0.871. The van der Waals surface area contributed by atoms with Crippen LogP contribution in [-0.2, 0) is 0 Å². The van der Waals surface area contributed by atoms with Crippen LogP contribution in [0, 0.1) is 0 Å². The Morgan fingerprint density at radius 3 is 2.55 bits per heavy atom. The van der Waals surface area contributed by atoms with E-state index in [9.17, 15) is 4.79 Å². The van der Waals surface area contributed by atoms with Gasteiger partial charge in [0.15, 0.2) is 5.75 Å². The molecule has 1 rings (SSSR count). The SMILES string of the molecule is O=C(Cl)Oc1ccccc1Cl. The molecule has 0 bridgehead atoms. The van der Waals surface area contributed by atoms with Crippen molar-refractivity contribution in [2.24, 2.45) is 0 Å². The van der Waals surface area contributed by atoms with Gasteiger partial charge in [0.2, 0.25) is 0 Å². The molecule has 0 unspecified atom stereocenters. The van der Waals surface area contributed by atoms with Crippen LogP contribution >= 0.6 is 23.2 Å². The molecule has 0 N–H and O–H groups in total. The highest BCUT2D eigenvalue weighted by Crippen LogP contribution is 2.23. The largest absolute Gasteiger partial charge is 0.413 e. The highest BCUT2D eigenvalue weighted by Gasteiger charge is 2.02. The van der Waals surface area contributed by atoms with Crippen molar-refractivity contribution in [2.45, 2.75) is 0 Å². The maximum absolute atomic E-state index is 10.2. The lowest BCUT2D eigenvalue weighted by molar-refractivity contribution is 0.225. The van der Waals surface area contributed by atoms with Crippen LogP contribution in [0.5, 0.6) is 5.75 Å². The fraction of sp³-hybridized carbons (Fsp3) is 0. The molecule has 0 spiro atoms. The van der Waals surface area contributed by atoms with E-state index >= 15 is 0 Å². The number of halogens is 2. The maximum atomic E-state index is 10.2. The molecule has 2 nitrogen and oxygen atoms in total. The Bertz CT molecular complexity index is 273. The summed E-state index contributed by atoms with van der Waals surface area (Å²) < 4.78 is 4.54. The lowest BCUT2D eigenvalue weighted by atomic mass is 10.3. The standard InChI is InChI=1S/C7H4Cl2O2/c8-5-3-1-2-4-6(5)11-7(9)10/h1-4H. The molecule has 0 amide bonds. The second-order valence-corrected chi connectivity index (χ2v) is 2.49. The predicted molar refractivity (Wildman–Crippen MR) is 43.3 cm³/mol. The minimum absolute atomic E-state index is 0.272. The Morgan fingerprint density at radius 2 is 2.00 bits per heavy atom. The van der Waals surface area contributed by atoms with Gasteiger partial charge in [0.05, 0.1) is 5.02 Å². The van der Waals surface area contributed by atoms with Gasteiger partial charge in [0, 0.05) is 11.6 Å². The Hall–Kier alpha value is -0.730. The zero-order valence-corrected chi connectivity index (χ0v) is 6.89. The highest BCUT2D eigenvalue weighted by atomic mass is 35.5. The Morgan fingerprint density at radius 1 is 1.36 bits per heavy atom. The molecule has 1 aromatic carbocycles. The van der Waals surface area contributed by atoms with E-state index in [0.29, 0.717) is 5.02 Å². The molecule has 0 atom stereocenters. The van der Waals surface area contributed by atoms with Gasteiger partial charge in [0.1, 0.15) is 0 Å². The topological polar surface area (TPSA) is 26.3 Å². The van der Waals surface area contributed by atoms with Gasteiger partial charge in [-0.25, -0.2) is 4.79 Å². The summed E-state index contributed by atoms with van der Waals surface area (Å²) in [4.78, 5) is 10.2. The summed E-state index contributed by atoms with van der Waals surface area (Å²) in [6, 6.07) is 6.59. The van der Waals surface area contributed by atoms with Crippen LogP contribution in [0.4, 0.5) is 4.79 Å². The van der Waals surface area contributed by atoms with E-state index in [1.54, 1.807) is 24.3 Å².